The molecule has 26 heavy (non-hydrogen) atoms. The Morgan fingerprint density at radius 1 is 1.12 bits per heavy atom. The number of amides is 1. The van der Waals surface area contributed by atoms with Crippen molar-refractivity contribution in [1.29, 1.82) is 0 Å². The van der Waals surface area contributed by atoms with Gasteiger partial charge in [-0.25, -0.2) is 0 Å². The van der Waals surface area contributed by atoms with Crippen molar-refractivity contribution in [2.24, 2.45) is 5.41 Å². The van der Waals surface area contributed by atoms with E-state index >= 15 is 0 Å². The van der Waals surface area contributed by atoms with Gasteiger partial charge in [0.15, 0.2) is 11.5 Å². The lowest BCUT2D eigenvalue weighted by Gasteiger charge is -2.28. The number of aliphatic hydroxyl groups excluding tert-OH is 1. The van der Waals surface area contributed by atoms with Crippen LogP contribution in [0.4, 0.5) is 5.69 Å². The van der Waals surface area contributed by atoms with E-state index in [4.69, 9.17) is 0 Å². The van der Waals surface area contributed by atoms with Crippen molar-refractivity contribution in [3.8, 4) is 0 Å². The number of aliphatic hydroxyl groups is 1. The zero-order valence-electron chi connectivity index (χ0n) is 15.4. The number of hydrogen-bond acceptors (Lipinski definition) is 4. The van der Waals surface area contributed by atoms with Crippen molar-refractivity contribution in [2.45, 2.75) is 33.7 Å². The Balaban J connectivity index is 2.19. The van der Waals surface area contributed by atoms with Crippen LogP contribution in [0.3, 0.4) is 0 Å². The Bertz CT molecular complexity index is 878. The molecule has 1 N–H and O–H groups in total. The number of ketones is 1. The van der Waals surface area contributed by atoms with Gasteiger partial charge >= 0.3 is 0 Å². The molecule has 5 heteroatoms. The molecule has 0 aliphatic carbocycles. The second kappa shape index (κ2) is 6.41. The number of rotatable bonds is 3. The smallest absolute Gasteiger partial charge is 0.294 e. The normalized spacial score (nSPS) is 17.8. The minimum atomic E-state index is -0.752. The monoisotopic (exact) mass is 350 g/mol. The van der Waals surface area contributed by atoms with Crippen LogP contribution in [0.5, 0.6) is 0 Å². The van der Waals surface area contributed by atoms with Gasteiger partial charge in [-0.05, 0) is 31.2 Å². The van der Waals surface area contributed by atoms with E-state index in [1.807, 2.05) is 19.1 Å². The van der Waals surface area contributed by atoms with Crippen molar-refractivity contribution in [3.05, 3.63) is 71.3 Å². The van der Waals surface area contributed by atoms with E-state index in [-0.39, 0.29) is 11.4 Å². The molecule has 1 amide bonds. The number of anilines is 1. The van der Waals surface area contributed by atoms with Gasteiger partial charge in [-0.2, -0.15) is 0 Å². The summed E-state index contributed by atoms with van der Waals surface area (Å²) in [5.41, 5.74) is 1.57. The molecule has 0 saturated heterocycles. The summed E-state index contributed by atoms with van der Waals surface area (Å²) in [6, 6.07) is 12.0. The van der Waals surface area contributed by atoms with Gasteiger partial charge in [-0.3, -0.25) is 19.5 Å². The highest BCUT2D eigenvalue weighted by Crippen LogP contribution is 2.42. The standard InChI is InChI=1S/C21H22N2O3/c1-13-8-10-14(11-9-13)23-17(15-7-5-6-12-22-15)16(18(24)20(23)26)19(25)21(2,3)4/h5-12,17,24H,1-4H3. The fourth-order valence-electron chi connectivity index (χ4n) is 3.03. The molecular formula is C21H22N2O3. The van der Waals surface area contributed by atoms with E-state index in [0.29, 0.717) is 11.4 Å². The molecule has 1 aliphatic heterocycles. The topological polar surface area (TPSA) is 70.5 Å². The van der Waals surface area contributed by atoms with E-state index in [2.05, 4.69) is 4.98 Å². The quantitative estimate of drug-likeness (QED) is 0.911. The van der Waals surface area contributed by atoms with E-state index < -0.39 is 23.1 Å². The second-order valence-electron chi connectivity index (χ2n) is 7.51. The maximum Gasteiger partial charge on any atom is 0.294 e. The van der Waals surface area contributed by atoms with Gasteiger partial charge in [0.05, 0.1) is 11.3 Å². The Kier molecular flexibility index (Phi) is 4.40. The first-order chi connectivity index (χ1) is 12.2. The Morgan fingerprint density at radius 3 is 2.31 bits per heavy atom. The summed E-state index contributed by atoms with van der Waals surface area (Å²) in [5.74, 6) is -1.35. The van der Waals surface area contributed by atoms with Crippen molar-refractivity contribution >= 4 is 17.4 Å². The van der Waals surface area contributed by atoms with Gasteiger partial charge in [-0.15, -0.1) is 0 Å². The summed E-state index contributed by atoms with van der Waals surface area (Å²) in [7, 11) is 0. The Morgan fingerprint density at radius 2 is 1.77 bits per heavy atom. The van der Waals surface area contributed by atoms with Crippen LogP contribution in [0.15, 0.2) is 60.0 Å². The van der Waals surface area contributed by atoms with Crippen LogP contribution in [-0.2, 0) is 9.59 Å². The van der Waals surface area contributed by atoms with Crippen LogP contribution in [0.2, 0.25) is 0 Å². The number of carbonyl (C=O) groups is 2. The van der Waals surface area contributed by atoms with Crippen molar-refractivity contribution in [3.63, 3.8) is 0 Å². The van der Waals surface area contributed by atoms with E-state index in [1.165, 1.54) is 4.90 Å². The minimum Gasteiger partial charge on any atom is -0.503 e. The third kappa shape index (κ3) is 3.01. The molecule has 2 heterocycles. The third-order valence-electron chi connectivity index (χ3n) is 4.41. The van der Waals surface area contributed by atoms with Gasteiger partial charge in [-0.1, -0.05) is 44.5 Å². The zero-order valence-corrected chi connectivity index (χ0v) is 15.4. The lowest BCUT2D eigenvalue weighted by molar-refractivity contribution is -0.123. The minimum absolute atomic E-state index is 0.0989. The van der Waals surface area contributed by atoms with Crippen molar-refractivity contribution < 1.29 is 14.7 Å². The average molecular weight is 350 g/mol. The van der Waals surface area contributed by atoms with Crippen LogP contribution < -0.4 is 4.90 Å². The van der Waals surface area contributed by atoms with Gasteiger partial charge in [0.2, 0.25) is 0 Å². The molecule has 3 rings (SSSR count). The molecule has 1 atom stereocenters. The lowest BCUT2D eigenvalue weighted by atomic mass is 9.83. The molecule has 0 fully saturated rings. The molecule has 5 nitrogen and oxygen atoms in total. The molecular weight excluding hydrogens is 328 g/mol. The largest absolute Gasteiger partial charge is 0.503 e. The molecule has 0 radical (unpaired) electrons. The number of benzene rings is 1. The maximum absolute atomic E-state index is 13.0. The lowest BCUT2D eigenvalue weighted by Crippen LogP contribution is -2.33. The molecule has 1 aromatic carbocycles. The van der Waals surface area contributed by atoms with Gasteiger partial charge in [0.25, 0.3) is 5.91 Å². The number of nitrogens with zero attached hydrogens (tertiary/aromatic N) is 2. The Labute approximate surface area is 153 Å². The molecule has 0 saturated carbocycles. The molecule has 2 aromatic rings. The number of pyridine rings is 1. The average Bonchev–Trinajstić information content (AvgIpc) is 2.86. The highest BCUT2D eigenvalue weighted by molar-refractivity contribution is 6.17. The van der Waals surface area contributed by atoms with E-state index in [9.17, 15) is 14.7 Å². The zero-order chi connectivity index (χ0) is 19.1. The predicted octanol–water partition coefficient (Wildman–Crippen LogP) is 3.91. The van der Waals surface area contributed by atoms with Crippen LogP contribution >= 0.6 is 0 Å². The summed E-state index contributed by atoms with van der Waals surface area (Å²) in [4.78, 5) is 31.7. The van der Waals surface area contributed by atoms with E-state index in [0.717, 1.165) is 5.56 Å². The summed E-state index contributed by atoms with van der Waals surface area (Å²) < 4.78 is 0. The summed E-state index contributed by atoms with van der Waals surface area (Å²) >= 11 is 0. The summed E-state index contributed by atoms with van der Waals surface area (Å²) in [6.07, 6.45) is 1.61. The fourth-order valence-corrected chi connectivity index (χ4v) is 3.03. The number of carbonyl (C=O) groups excluding carboxylic acids is 2. The number of aromatic nitrogens is 1. The first-order valence-electron chi connectivity index (χ1n) is 8.51. The maximum atomic E-state index is 13.0. The molecule has 1 aromatic heterocycles. The van der Waals surface area contributed by atoms with Gasteiger partial charge < -0.3 is 5.11 Å². The molecule has 0 spiro atoms. The van der Waals surface area contributed by atoms with Gasteiger partial charge in [0.1, 0.15) is 6.04 Å². The number of aryl methyl sites for hydroxylation is 1. The Hall–Kier alpha value is -2.95. The van der Waals surface area contributed by atoms with Gasteiger partial charge in [0, 0.05) is 17.3 Å². The predicted molar refractivity (Wildman–Crippen MR) is 99.8 cm³/mol. The summed E-state index contributed by atoms with van der Waals surface area (Å²) in [5, 5.41) is 10.5. The molecule has 1 unspecified atom stereocenters. The van der Waals surface area contributed by atoms with Crippen LogP contribution in [0.1, 0.15) is 38.1 Å². The summed E-state index contributed by atoms with van der Waals surface area (Å²) in [6.45, 7) is 7.26. The second-order valence-corrected chi connectivity index (χ2v) is 7.51. The molecule has 134 valence electrons. The number of Topliss-reactive ketones (excluding diaryl/α,β-unsaturated/α-hetero) is 1. The highest BCUT2D eigenvalue weighted by Gasteiger charge is 2.47. The SMILES string of the molecule is Cc1ccc(N2C(=O)C(O)=C(C(=O)C(C)(C)C)C2c2ccccn2)cc1. The third-order valence-corrected chi connectivity index (χ3v) is 4.41. The van der Waals surface area contributed by atoms with Crippen LogP contribution in [-0.4, -0.2) is 21.8 Å². The molecule has 1 aliphatic rings. The van der Waals surface area contributed by atoms with Crippen molar-refractivity contribution in [2.75, 3.05) is 4.90 Å². The van der Waals surface area contributed by atoms with Crippen LogP contribution in [0.25, 0.3) is 0 Å². The first kappa shape index (κ1) is 17.9. The van der Waals surface area contributed by atoms with Crippen molar-refractivity contribution in [1.82, 2.24) is 4.98 Å². The fraction of sp³-hybridized carbons (Fsp3) is 0.286. The number of hydrogen-bond donors (Lipinski definition) is 1. The first-order valence-corrected chi connectivity index (χ1v) is 8.51. The highest BCUT2D eigenvalue weighted by atomic mass is 16.3. The molecule has 0 bridgehead atoms. The van der Waals surface area contributed by atoms with Crippen LogP contribution in [0, 0.1) is 12.3 Å². The van der Waals surface area contributed by atoms with E-state index in [1.54, 1.807) is 57.3 Å².